The molecule has 0 unspecified atom stereocenters. The van der Waals surface area contributed by atoms with Gasteiger partial charge in [-0.2, -0.15) is 0 Å². The van der Waals surface area contributed by atoms with Crippen molar-refractivity contribution < 1.29 is 18.7 Å². The van der Waals surface area contributed by atoms with Gasteiger partial charge in [-0.1, -0.05) is 23.7 Å². The van der Waals surface area contributed by atoms with Crippen LogP contribution in [0, 0.1) is 6.92 Å². The minimum atomic E-state index is -0.586. The zero-order valence-electron chi connectivity index (χ0n) is 12.3. The number of ether oxygens (including phenoxy) is 1. The van der Waals surface area contributed by atoms with E-state index in [0.29, 0.717) is 16.3 Å². The Morgan fingerprint density at radius 2 is 2.14 bits per heavy atom. The van der Waals surface area contributed by atoms with Crippen LogP contribution < -0.4 is 5.32 Å². The van der Waals surface area contributed by atoms with Gasteiger partial charge in [-0.05, 0) is 37.6 Å². The van der Waals surface area contributed by atoms with E-state index in [9.17, 15) is 9.59 Å². The summed E-state index contributed by atoms with van der Waals surface area (Å²) in [5.41, 5.74) is 1.19. The second-order valence-corrected chi connectivity index (χ2v) is 5.25. The fraction of sp³-hybridized carbons (Fsp3) is 0.250. The smallest absolute Gasteiger partial charge is 0.342 e. The Labute approximate surface area is 133 Å². The van der Waals surface area contributed by atoms with Gasteiger partial charge in [0, 0.05) is 5.02 Å². The molecule has 1 atom stereocenters. The molecular formula is C16H16ClNO4. The number of carbonyl (C=O) groups is 2. The molecule has 6 heteroatoms. The van der Waals surface area contributed by atoms with Crippen molar-refractivity contribution in [2.45, 2.75) is 19.9 Å². The Kier molecular flexibility index (Phi) is 5.22. The first-order valence-electron chi connectivity index (χ1n) is 6.73. The third-order valence-electron chi connectivity index (χ3n) is 3.14. The lowest BCUT2D eigenvalue weighted by Gasteiger charge is -2.14. The van der Waals surface area contributed by atoms with Crippen LogP contribution in [0.2, 0.25) is 5.02 Å². The van der Waals surface area contributed by atoms with Gasteiger partial charge in [-0.3, -0.25) is 4.79 Å². The predicted octanol–water partition coefficient (Wildman–Crippen LogP) is 3.28. The summed E-state index contributed by atoms with van der Waals surface area (Å²) >= 11 is 5.91. The van der Waals surface area contributed by atoms with Crippen molar-refractivity contribution in [3.05, 3.63) is 58.5 Å². The molecule has 1 aromatic carbocycles. The third kappa shape index (κ3) is 4.11. The monoisotopic (exact) mass is 321 g/mol. The quantitative estimate of drug-likeness (QED) is 0.858. The Hall–Kier alpha value is -2.27. The molecule has 1 amide bonds. The molecule has 0 saturated carbocycles. The summed E-state index contributed by atoms with van der Waals surface area (Å²) in [6.07, 6.45) is 1.40. The van der Waals surface area contributed by atoms with Gasteiger partial charge in [0.25, 0.3) is 5.91 Å². The first-order chi connectivity index (χ1) is 10.5. The molecule has 1 N–H and O–H groups in total. The molecular weight excluding hydrogens is 306 g/mol. The van der Waals surface area contributed by atoms with E-state index in [1.807, 2.05) is 19.1 Å². The number of amides is 1. The SMILES string of the molecule is Cc1occc1C(=O)OCC(=O)N[C@@H](C)c1cccc(Cl)c1. The van der Waals surface area contributed by atoms with Crippen LogP contribution in [0.25, 0.3) is 0 Å². The first-order valence-corrected chi connectivity index (χ1v) is 7.11. The molecule has 0 aliphatic rings. The molecule has 22 heavy (non-hydrogen) atoms. The first kappa shape index (κ1) is 16.1. The van der Waals surface area contributed by atoms with Crippen molar-refractivity contribution in [1.29, 1.82) is 0 Å². The van der Waals surface area contributed by atoms with Gasteiger partial charge in [-0.25, -0.2) is 4.79 Å². The molecule has 116 valence electrons. The lowest BCUT2D eigenvalue weighted by molar-refractivity contribution is -0.124. The van der Waals surface area contributed by atoms with Crippen LogP contribution in [0.4, 0.5) is 0 Å². The van der Waals surface area contributed by atoms with Crippen molar-refractivity contribution in [1.82, 2.24) is 5.32 Å². The van der Waals surface area contributed by atoms with Gasteiger partial charge in [0.05, 0.1) is 12.3 Å². The Morgan fingerprint density at radius 3 is 2.77 bits per heavy atom. The summed E-state index contributed by atoms with van der Waals surface area (Å²) in [4.78, 5) is 23.6. The minimum absolute atomic E-state index is 0.236. The molecule has 0 saturated heterocycles. The highest BCUT2D eigenvalue weighted by molar-refractivity contribution is 6.30. The van der Waals surface area contributed by atoms with E-state index in [4.69, 9.17) is 20.8 Å². The van der Waals surface area contributed by atoms with Gasteiger partial charge in [-0.15, -0.1) is 0 Å². The number of esters is 1. The standard InChI is InChI=1S/C16H16ClNO4/c1-10(12-4-3-5-13(17)8-12)18-15(19)9-22-16(20)14-6-7-21-11(14)2/h3-8,10H,9H2,1-2H3,(H,18,19)/t10-/m0/s1. The van der Waals surface area contributed by atoms with Crippen LogP contribution >= 0.6 is 11.6 Å². The highest BCUT2D eigenvalue weighted by atomic mass is 35.5. The van der Waals surface area contributed by atoms with E-state index >= 15 is 0 Å². The second-order valence-electron chi connectivity index (χ2n) is 4.81. The molecule has 0 radical (unpaired) electrons. The van der Waals surface area contributed by atoms with Crippen LogP contribution in [0.3, 0.4) is 0 Å². The van der Waals surface area contributed by atoms with Gasteiger partial charge in [0.15, 0.2) is 6.61 Å². The number of carbonyl (C=O) groups excluding carboxylic acids is 2. The maximum Gasteiger partial charge on any atom is 0.342 e. The maximum absolute atomic E-state index is 11.8. The van der Waals surface area contributed by atoms with Crippen molar-refractivity contribution in [2.75, 3.05) is 6.61 Å². The van der Waals surface area contributed by atoms with Crippen LogP contribution in [-0.4, -0.2) is 18.5 Å². The lowest BCUT2D eigenvalue weighted by Crippen LogP contribution is -2.31. The summed E-state index contributed by atoms with van der Waals surface area (Å²) < 4.78 is 9.96. The van der Waals surface area contributed by atoms with E-state index in [1.54, 1.807) is 19.1 Å². The zero-order valence-corrected chi connectivity index (χ0v) is 13.0. The fourth-order valence-corrected chi connectivity index (χ4v) is 2.15. The fourth-order valence-electron chi connectivity index (χ4n) is 1.95. The second kappa shape index (κ2) is 7.13. The van der Waals surface area contributed by atoms with Crippen LogP contribution in [0.5, 0.6) is 0 Å². The topological polar surface area (TPSA) is 68.5 Å². The van der Waals surface area contributed by atoms with Crippen molar-refractivity contribution in [3.63, 3.8) is 0 Å². The van der Waals surface area contributed by atoms with E-state index in [0.717, 1.165) is 5.56 Å². The highest BCUT2D eigenvalue weighted by Crippen LogP contribution is 2.17. The van der Waals surface area contributed by atoms with E-state index < -0.39 is 5.97 Å². The Balaban J connectivity index is 1.85. The number of halogens is 1. The van der Waals surface area contributed by atoms with Crippen molar-refractivity contribution in [3.8, 4) is 0 Å². The largest absolute Gasteiger partial charge is 0.469 e. The highest BCUT2D eigenvalue weighted by Gasteiger charge is 2.16. The van der Waals surface area contributed by atoms with E-state index in [2.05, 4.69) is 5.32 Å². The number of rotatable bonds is 5. The van der Waals surface area contributed by atoms with Gasteiger partial charge in [0.1, 0.15) is 11.3 Å². The minimum Gasteiger partial charge on any atom is -0.469 e. The molecule has 5 nitrogen and oxygen atoms in total. The molecule has 0 bridgehead atoms. The molecule has 1 heterocycles. The Bertz CT molecular complexity index is 680. The lowest BCUT2D eigenvalue weighted by atomic mass is 10.1. The molecule has 0 fully saturated rings. The zero-order chi connectivity index (χ0) is 16.1. The van der Waals surface area contributed by atoms with Gasteiger partial charge < -0.3 is 14.5 Å². The van der Waals surface area contributed by atoms with Crippen molar-refractivity contribution in [2.24, 2.45) is 0 Å². The van der Waals surface area contributed by atoms with Gasteiger partial charge in [0.2, 0.25) is 0 Å². The molecule has 1 aromatic heterocycles. The summed E-state index contributed by atoms with van der Waals surface area (Å²) in [6, 6.07) is 8.46. The molecule has 2 aromatic rings. The average Bonchev–Trinajstić information content (AvgIpc) is 2.91. The van der Waals surface area contributed by atoms with E-state index in [1.165, 1.54) is 12.3 Å². The maximum atomic E-state index is 11.8. The summed E-state index contributed by atoms with van der Waals surface area (Å²) in [6.45, 7) is 3.12. The number of nitrogens with one attached hydrogen (secondary N) is 1. The molecule has 0 aliphatic carbocycles. The predicted molar refractivity (Wildman–Crippen MR) is 81.7 cm³/mol. The van der Waals surface area contributed by atoms with Crippen molar-refractivity contribution >= 4 is 23.5 Å². The summed E-state index contributed by atoms with van der Waals surface area (Å²) in [7, 11) is 0. The molecule has 0 aliphatic heterocycles. The third-order valence-corrected chi connectivity index (χ3v) is 3.37. The van der Waals surface area contributed by atoms with Gasteiger partial charge >= 0.3 is 5.97 Å². The average molecular weight is 322 g/mol. The number of hydrogen-bond donors (Lipinski definition) is 1. The van der Waals surface area contributed by atoms with Crippen LogP contribution in [-0.2, 0) is 9.53 Å². The summed E-state index contributed by atoms with van der Waals surface area (Å²) in [5.74, 6) is -0.517. The number of furan rings is 1. The normalized spacial score (nSPS) is 11.8. The number of aryl methyl sites for hydroxylation is 1. The van der Waals surface area contributed by atoms with Crippen LogP contribution in [0.1, 0.15) is 34.6 Å². The van der Waals surface area contributed by atoms with Crippen LogP contribution in [0.15, 0.2) is 41.0 Å². The number of benzene rings is 1. The molecule has 2 rings (SSSR count). The van der Waals surface area contributed by atoms with E-state index in [-0.39, 0.29) is 18.6 Å². The number of hydrogen-bond acceptors (Lipinski definition) is 4. The Morgan fingerprint density at radius 1 is 1.36 bits per heavy atom. The summed E-state index contributed by atoms with van der Waals surface area (Å²) in [5, 5.41) is 3.34. The molecule has 0 spiro atoms.